The molecule has 1 aliphatic carbocycles. The van der Waals surface area contributed by atoms with E-state index >= 15 is 0 Å². The third-order valence-electron chi connectivity index (χ3n) is 3.97. The average molecular weight is 224 g/mol. The summed E-state index contributed by atoms with van der Waals surface area (Å²) in [7, 11) is 0. The van der Waals surface area contributed by atoms with Crippen molar-refractivity contribution in [2.45, 2.75) is 85.0 Å². The Morgan fingerprint density at radius 1 is 0.938 bits per heavy atom. The van der Waals surface area contributed by atoms with E-state index in [1.165, 1.54) is 57.8 Å². The van der Waals surface area contributed by atoms with E-state index in [4.69, 9.17) is 0 Å². The fraction of sp³-hybridized carbons (Fsp3) is 1.00. The van der Waals surface area contributed by atoms with Crippen molar-refractivity contribution < 1.29 is 0 Å². The lowest BCUT2D eigenvalue weighted by Gasteiger charge is -2.17. The molecular weight excluding hydrogens is 192 g/mol. The summed E-state index contributed by atoms with van der Waals surface area (Å²) in [6, 6.07) is 0. The molecule has 1 aliphatic rings. The first-order valence-corrected chi connectivity index (χ1v) is 7.72. The molecule has 0 aliphatic heterocycles. The van der Waals surface area contributed by atoms with Gasteiger partial charge in [-0.05, 0) is 24.2 Å². The van der Waals surface area contributed by atoms with Crippen LogP contribution in [0.15, 0.2) is 0 Å². The van der Waals surface area contributed by atoms with Crippen LogP contribution >= 0.6 is 0 Å². The lowest BCUT2D eigenvalue weighted by molar-refractivity contribution is 0.359. The van der Waals surface area contributed by atoms with Crippen molar-refractivity contribution in [3.8, 4) is 0 Å². The van der Waals surface area contributed by atoms with Gasteiger partial charge in [-0.15, -0.1) is 0 Å². The van der Waals surface area contributed by atoms with Crippen molar-refractivity contribution in [1.82, 2.24) is 0 Å². The van der Waals surface area contributed by atoms with Crippen molar-refractivity contribution in [2.24, 2.45) is 17.8 Å². The zero-order valence-electron chi connectivity index (χ0n) is 11.8. The molecule has 0 nitrogen and oxygen atoms in total. The van der Waals surface area contributed by atoms with Gasteiger partial charge < -0.3 is 0 Å². The number of rotatable bonds is 10. The highest BCUT2D eigenvalue weighted by Crippen LogP contribution is 2.38. The molecule has 1 saturated carbocycles. The van der Waals surface area contributed by atoms with Crippen LogP contribution < -0.4 is 0 Å². The van der Waals surface area contributed by atoms with Gasteiger partial charge in [0.1, 0.15) is 0 Å². The van der Waals surface area contributed by atoms with Gasteiger partial charge >= 0.3 is 0 Å². The van der Waals surface area contributed by atoms with Gasteiger partial charge in [0.15, 0.2) is 0 Å². The van der Waals surface area contributed by atoms with Crippen molar-refractivity contribution in [1.29, 1.82) is 0 Å². The first-order chi connectivity index (χ1) is 7.72. The Hall–Kier alpha value is 0. The van der Waals surface area contributed by atoms with E-state index in [1.807, 2.05) is 0 Å². The summed E-state index contributed by atoms with van der Waals surface area (Å²) in [6.45, 7) is 7.02. The number of unbranched alkanes of at least 4 members (excludes halogenated alkanes) is 2. The molecular formula is C16H32. The summed E-state index contributed by atoms with van der Waals surface area (Å²) >= 11 is 0. The molecule has 96 valence electrons. The van der Waals surface area contributed by atoms with Crippen LogP contribution in [-0.2, 0) is 0 Å². The number of hydrogen-bond donors (Lipinski definition) is 0. The predicted molar refractivity (Wildman–Crippen MR) is 73.7 cm³/mol. The second-order valence-corrected chi connectivity index (χ2v) is 6.37. The summed E-state index contributed by atoms with van der Waals surface area (Å²) in [5.74, 6) is 3.10. The second-order valence-electron chi connectivity index (χ2n) is 6.37. The molecule has 0 N–H and O–H groups in total. The van der Waals surface area contributed by atoms with Gasteiger partial charge in [-0.2, -0.15) is 0 Å². The minimum Gasteiger partial charge on any atom is -0.0654 e. The predicted octanol–water partition coefficient (Wildman–Crippen LogP) is 5.81. The molecule has 0 heterocycles. The van der Waals surface area contributed by atoms with Crippen LogP contribution in [0.3, 0.4) is 0 Å². The van der Waals surface area contributed by atoms with Crippen LogP contribution in [0.1, 0.15) is 85.0 Å². The van der Waals surface area contributed by atoms with Crippen LogP contribution in [0, 0.1) is 17.8 Å². The van der Waals surface area contributed by atoms with Gasteiger partial charge in [0.2, 0.25) is 0 Å². The molecule has 0 aromatic heterocycles. The van der Waals surface area contributed by atoms with E-state index < -0.39 is 0 Å². The average Bonchev–Trinajstić information content (AvgIpc) is 3.01. The third kappa shape index (κ3) is 7.30. The highest BCUT2D eigenvalue weighted by Gasteiger charge is 2.24. The molecule has 1 unspecified atom stereocenters. The largest absolute Gasteiger partial charge is 0.0654 e. The van der Waals surface area contributed by atoms with E-state index in [1.54, 1.807) is 6.42 Å². The quantitative estimate of drug-likeness (QED) is 0.411. The Morgan fingerprint density at radius 3 is 2.19 bits per heavy atom. The first-order valence-electron chi connectivity index (χ1n) is 7.72. The van der Waals surface area contributed by atoms with Crippen LogP contribution in [0.5, 0.6) is 0 Å². The standard InChI is InChI=1S/C16H32/c1-4-5-6-9-15(13-16-11-12-16)10-7-8-14(2)3/h14-16H,4-13H2,1-3H3. The fourth-order valence-electron chi connectivity index (χ4n) is 2.70. The van der Waals surface area contributed by atoms with E-state index in [0.29, 0.717) is 0 Å². The van der Waals surface area contributed by atoms with E-state index in [2.05, 4.69) is 20.8 Å². The maximum atomic E-state index is 2.35. The molecule has 0 spiro atoms. The first kappa shape index (κ1) is 14.1. The van der Waals surface area contributed by atoms with Crippen LogP contribution in [0.4, 0.5) is 0 Å². The highest BCUT2D eigenvalue weighted by molar-refractivity contribution is 4.77. The van der Waals surface area contributed by atoms with Crippen molar-refractivity contribution >= 4 is 0 Å². The lowest BCUT2D eigenvalue weighted by Crippen LogP contribution is -2.03. The molecule has 0 amide bonds. The van der Waals surface area contributed by atoms with Gasteiger partial charge in [0, 0.05) is 0 Å². The fourth-order valence-corrected chi connectivity index (χ4v) is 2.70. The maximum Gasteiger partial charge on any atom is -0.0411 e. The van der Waals surface area contributed by atoms with E-state index in [-0.39, 0.29) is 0 Å². The van der Waals surface area contributed by atoms with Crippen molar-refractivity contribution in [3.63, 3.8) is 0 Å². The molecule has 16 heavy (non-hydrogen) atoms. The lowest BCUT2D eigenvalue weighted by atomic mass is 9.89. The monoisotopic (exact) mass is 224 g/mol. The third-order valence-corrected chi connectivity index (χ3v) is 3.97. The zero-order chi connectivity index (χ0) is 11.8. The van der Waals surface area contributed by atoms with Gasteiger partial charge in [-0.3, -0.25) is 0 Å². The molecule has 1 atom stereocenters. The number of hydrogen-bond acceptors (Lipinski definition) is 0. The summed E-state index contributed by atoms with van der Waals surface area (Å²) in [5.41, 5.74) is 0. The second kappa shape index (κ2) is 8.14. The van der Waals surface area contributed by atoms with Gasteiger partial charge in [0.25, 0.3) is 0 Å². The Balaban J connectivity index is 2.09. The van der Waals surface area contributed by atoms with Gasteiger partial charge in [0.05, 0.1) is 0 Å². The molecule has 0 aromatic carbocycles. The minimum absolute atomic E-state index is 0.900. The normalized spacial score (nSPS) is 18.0. The van der Waals surface area contributed by atoms with Gasteiger partial charge in [-0.25, -0.2) is 0 Å². The van der Waals surface area contributed by atoms with Crippen molar-refractivity contribution in [2.75, 3.05) is 0 Å². The zero-order valence-corrected chi connectivity index (χ0v) is 11.8. The summed E-state index contributed by atoms with van der Waals surface area (Å²) < 4.78 is 0. The van der Waals surface area contributed by atoms with Crippen molar-refractivity contribution in [3.05, 3.63) is 0 Å². The summed E-state index contributed by atoms with van der Waals surface area (Å²) in [6.07, 6.45) is 14.9. The summed E-state index contributed by atoms with van der Waals surface area (Å²) in [5, 5.41) is 0. The molecule has 1 fully saturated rings. The molecule has 0 bridgehead atoms. The Labute approximate surface area is 103 Å². The highest BCUT2D eigenvalue weighted by atomic mass is 14.3. The van der Waals surface area contributed by atoms with Crippen LogP contribution in [0.25, 0.3) is 0 Å². The molecule has 0 radical (unpaired) electrons. The topological polar surface area (TPSA) is 0 Å². The van der Waals surface area contributed by atoms with Crippen LogP contribution in [0.2, 0.25) is 0 Å². The van der Waals surface area contributed by atoms with E-state index in [0.717, 1.165) is 17.8 Å². The molecule has 1 rings (SSSR count). The smallest absolute Gasteiger partial charge is 0.0411 e. The Kier molecular flexibility index (Phi) is 7.16. The Morgan fingerprint density at radius 2 is 1.62 bits per heavy atom. The molecule has 0 saturated heterocycles. The molecule has 0 heteroatoms. The van der Waals surface area contributed by atoms with E-state index in [9.17, 15) is 0 Å². The molecule has 0 aromatic rings. The van der Waals surface area contributed by atoms with Crippen LogP contribution in [-0.4, -0.2) is 0 Å². The SMILES string of the molecule is CCCCCC(CCCC(C)C)CC1CC1. The summed E-state index contributed by atoms with van der Waals surface area (Å²) in [4.78, 5) is 0. The maximum absolute atomic E-state index is 2.35. The Bertz CT molecular complexity index is 155. The van der Waals surface area contributed by atoms with Gasteiger partial charge in [-0.1, -0.05) is 78.6 Å². The minimum atomic E-state index is 0.900.